The van der Waals surface area contributed by atoms with Crippen LogP contribution in [0.25, 0.3) is 11.1 Å². The van der Waals surface area contributed by atoms with Gasteiger partial charge in [-0.15, -0.1) is 6.58 Å². The molecular formula is C29H27F5. The van der Waals surface area contributed by atoms with Crippen molar-refractivity contribution in [3.05, 3.63) is 106 Å². The van der Waals surface area contributed by atoms with Gasteiger partial charge < -0.3 is 0 Å². The molecule has 0 amide bonds. The molecule has 0 bridgehead atoms. The molecule has 0 aromatic heterocycles. The minimum absolute atomic E-state index is 0.127. The molecule has 1 aliphatic rings. The van der Waals surface area contributed by atoms with E-state index < -0.39 is 24.0 Å². The number of fused-ring (bicyclic) bond motifs is 3. The standard InChI is InChI=1S/C29H27F5/c1-3-5-7-17-8-9-18(23(30)16-17)10-11-20-13-15-22-21-14-12-19(6-4-2)26(31)24(21)28(33)29(34)25(22)27(20)32/h3,8-9,12-16,28-29H,1,4-7,10-11H2,2H3. The topological polar surface area (TPSA) is 0 Å². The second kappa shape index (κ2) is 10.1. The van der Waals surface area contributed by atoms with Crippen LogP contribution in [0.3, 0.4) is 0 Å². The van der Waals surface area contributed by atoms with Crippen LogP contribution in [0.15, 0.2) is 55.1 Å². The molecular weight excluding hydrogens is 443 g/mol. The van der Waals surface area contributed by atoms with E-state index >= 15 is 13.2 Å². The molecule has 5 heteroatoms. The Morgan fingerprint density at radius 3 is 1.79 bits per heavy atom. The van der Waals surface area contributed by atoms with Crippen molar-refractivity contribution >= 4 is 0 Å². The number of rotatable bonds is 8. The van der Waals surface area contributed by atoms with Crippen molar-refractivity contribution in [3.8, 4) is 11.1 Å². The lowest BCUT2D eigenvalue weighted by Gasteiger charge is -2.28. The van der Waals surface area contributed by atoms with Crippen LogP contribution in [-0.2, 0) is 25.7 Å². The maximum atomic E-state index is 15.4. The monoisotopic (exact) mass is 470 g/mol. The van der Waals surface area contributed by atoms with Gasteiger partial charge in [0.25, 0.3) is 0 Å². The molecule has 0 fully saturated rings. The van der Waals surface area contributed by atoms with Gasteiger partial charge in [-0.1, -0.05) is 55.8 Å². The quantitative estimate of drug-likeness (QED) is 0.228. The van der Waals surface area contributed by atoms with Gasteiger partial charge in [-0.05, 0) is 71.6 Å². The van der Waals surface area contributed by atoms with Gasteiger partial charge in [-0.25, -0.2) is 22.0 Å². The fraction of sp³-hybridized carbons (Fsp3) is 0.310. The zero-order valence-electron chi connectivity index (χ0n) is 19.1. The molecule has 0 saturated carbocycles. The van der Waals surface area contributed by atoms with Gasteiger partial charge in [-0.2, -0.15) is 0 Å². The van der Waals surface area contributed by atoms with Crippen molar-refractivity contribution in [2.75, 3.05) is 0 Å². The lowest BCUT2D eigenvalue weighted by atomic mass is 9.80. The molecule has 0 saturated heterocycles. The summed E-state index contributed by atoms with van der Waals surface area (Å²) in [5, 5.41) is 0. The summed E-state index contributed by atoms with van der Waals surface area (Å²) in [7, 11) is 0. The average Bonchev–Trinajstić information content (AvgIpc) is 2.82. The first kappa shape index (κ1) is 24.2. The van der Waals surface area contributed by atoms with Crippen molar-refractivity contribution in [2.45, 2.75) is 57.8 Å². The second-order valence-corrected chi connectivity index (χ2v) is 8.81. The maximum Gasteiger partial charge on any atom is 0.164 e. The molecule has 0 nitrogen and oxygen atoms in total. The first-order chi connectivity index (χ1) is 16.4. The van der Waals surface area contributed by atoms with Gasteiger partial charge in [0.15, 0.2) is 12.3 Å². The third kappa shape index (κ3) is 4.40. The molecule has 34 heavy (non-hydrogen) atoms. The minimum atomic E-state index is -2.31. The fourth-order valence-electron chi connectivity index (χ4n) is 4.72. The summed E-state index contributed by atoms with van der Waals surface area (Å²) in [6, 6.07) is 11.1. The molecule has 0 N–H and O–H groups in total. The number of allylic oxidation sites excluding steroid dienone is 1. The SMILES string of the molecule is C=CCCc1ccc(CCc2ccc3c(c2F)C(F)C(F)c2c-3ccc(CCC)c2F)c(F)c1. The molecule has 0 spiro atoms. The van der Waals surface area contributed by atoms with E-state index in [-0.39, 0.29) is 46.5 Å². The Bertz CT molecular complexity index is 1210. The lowest BCUT2D eigenvalue weighted by Crippen LogP contribution is -2.17. The van der Waals surface area contributed by atoms with E-state index in [1.54, 1.807) is 24.3 Å². The molecule has 4 rings (SSSR count). The Hall–Kier alpha value is -2.95. The molecule has 178 valence electrons. The lowest BCUT2D eigenvalue weighted by molar-refractivity contribution is 0.160. The Labute approximate surface area is 197 Å². The van der Waals surface area contributed by atoms with E-state index in [2.05, 4.69) is 6.58 Å². The number of alkyl halides is 2. The van der Waals surface area contributed by atoms with E-state index in [1.165, 1.54) is 18.2 Å². The smallest absolute Gasteiger partial charge is 0.164 e. The number of benzene rings is 3. The van der Waals surface area contributed by atoms with Gasteiger partial charge >= 0.3 is 0 Å². The third-order valence-electron chi connectivity index (χ3n) is 6.56. The summed E-state index contributed by atoms with van der Waals surface area (Å²) in [4.78, 5) is 0. The van der Waals surface area contributed by atoms with Crippen molar-refractivity contribution < 1.29 is 22.0 Å². The van der Waals surface area contributed by atoms with Crippen molar-refractivity contribution in [2.24, 2.45) is 0 Å². The number of halogens is 5. The summed E-state index contributed by atoms with van der Waals surface area (Å²) in [6.45, 7) is 5.53. The summed E-state index contributed by atoms with van der Waals surface area (Å²) in [5.41, 5.74) is 1.40. The van der Waals surface area contributed by atoms with Crippen LogP contribution < -0.4 is 0 Å². The van der Waals surface area contributed by atoms with Gasteiger partial charge in [0.1, 0.15) is 17.5 Å². The Morgan fingerprint density at radius 2 is 1.26 bits per heavy atom. The summed E-state index contributed by atoms with van der Waals surface area (Å²) >= 11 is 0. The largest absolute Gasteiger partial charge is 0.239 e. The van der Waals surface area contributed by atoms with E-state index in [1.807, 2.05) is 13.0 Å². The van der Waals surface area contributed by atoms with E-state index in [0.717, 1.165) is 12.0 Å². The van der Waals surface area contributed by atoms with Crippen molar-refractivity contribution in [1.82, 2.24) is 0 Å². The summed E-state index contributed by atoms with van der Waals surface area (Å²) in [5.74, 6) is -1.98. The van der Waals surface area contributed by atoms with Crippen molar-refractivity contribution in [1.29, 1.82) is 0 Å². The highest BCUT2D eigenvalue weighted by atomic mass is 19.2. The zero-order chi connectivity index (χ0) is 24.4. The van der Waals surface area contributed by atoms with Crippen molar-refractivity contribution in [3.63, 3.8) is 0 Å². The predicted molar refractivity (Wildman–Crippen MR) is 126 cm³/mol. The van der Waals surface area contributed by atoms with Gasteiger partial charge in [-0.3, -0.25) is 0 Å². The molecule has 1 aliphatic carbocycles. The molecule has 0 heterocycles. The summed E-state index contributed by atoms with van der Waals surface area (Å²) in [6.07, 6.45) is 0.0118. The Balaban J connectivity index is 1.64. The van der Waals surface area contributed by atoms with Crippen LogP contribution in [0.1, 0.15) is 65.5 Å². The first-order valence-electron chi connectivity index (χ1n) is 11.7. The Kier molecular flexibility index (Phi) is 7.20. The molecule has 3 aromatic carbocycles. The molecule has 0 radical (unpaired) electrons. The summed E-state index contributed by atoms with van der Waals surface area (Å²) < 4.78 is 75.0. The highest BCUT2D eigenvalue weighted by Crippen LogP contribution is 2.51. The molecule has 3 aromatic rings. The minimum Gasteiger partial charge on any atom is -0.239 e. The van der Waals surface area contributed by atoms with Gasteiger partial charge in [0.05, 0.1) is 0 Å². The fourth-order valence-corrected chi connectivity index (χ4v) is 4.72. The molecule has 2 unspecified atom stereocenters. The predicted octanol–water partition coefficient (Wildman–Crippen LogP) is 8.66. The first-order valence-corrected chi connectivity index (χ1v) is 11.7. The number of hydrogen-bond donors (Lipinski definition) is 0. The normalized spacial score (nSPS) is 16.8. The van der Waals surface area contributed by atoms with Gasteiger partial charge in [0, 0.05) is 11.1 Å². The van der Waals surface area contributed by atoms with Crippen LogP contribution >= 0.6 is 0 Å². The van der Waals surface area contributed by atoms with E-state index in [9.17, 15) is 8.78 Å². The highest BCUT2D eigenvalue weighted by Gasteiger charge is 2.39. The molecule has 0 aliphatic heterocycles. The number of hydrogen-bond acceptors (Lipinski definition) is 0. The number of aryl methyl sites for hydroxylation is 4. The van der Waals surface area contributed by atoms with Crippen LogP contribution in [0, 0.1) is 17.5 Å². The van der Waals surface area contributed by atoms with E-state index in [0.29, 0.717) is 30.4 Å². The zero-order valence-corrected chi connectivity index (χ0v) is 19.1. The van der Waals surface area contributed by atoms with Crippen LogP contribution in [0.2, 0.25) is 0 Å². The van der Waals surface area contributed by atoms with Crippen LogP contribution in [0.5, 0.6) is 0 Å². The molecule has 2 atom stereocenters. The van der Waals surface area contributed by atoms with Crippen LogP contribution in [0.4, 0.5) is 22.0 Å². The van der Waals surface area contributed by atoms with Crippen LogP contribution in [-0.4, -0.2) is 0 Å². The average molecular weight is 471 g/mol. The second-order valence-electron chi connectivity index (χ2n) is 8.81. The third-order valence-corrected chi connectivity index (χ3v) is 6.56. The van der Waals surface area contributed by atoms with E-state index in [4.69, 9.17) is 0 Å². The maximum absolute atomic E-state index is 15.4. The highest BCUT2D eigenvalue weighted by molar-refractivity contribution is 5.76. The Morgan fingerprint density at radius 1 is 0.735 bits per heavy atom. The van der Waals surface area contributed by atoms with Gasteiger partial charge in [0.2, 0.25) is 0 Å².